The molecule has 0 aromatic carbocycles. The Balaban J connectivity index is 2.58. The van der Waals surface area contributed by atoms with E-state index in [4.69, 9.17) is 0 Å². The minimum Gasteiger partial charge on any atom is -0.291 e. The van der Waals surface area contributed by atoms with Gasteiger partial charge in [0, 0.05) is 30.7 Å². The topological polar surface area (TPSA) is 21.1 Å². The first-order valence-electron chi connectivity index (χ1n) is 5.63. The maximum absolute atomic E-state index is 12.4. The van der Waals surface area contributed by atoms with E-state index < -0.39 is 6.43 Å². The van der Waals surface area contributed by atoms with Crippen molar-refractivity contribution in [1.29, 1.82) is 0 Å². The number of hydrogen-bond acceptors (Lipinski definition) is 2. The Morgan fingerprint density at radius 2 is 2.18 bits per heavy atom. The van der Waals surface area contributed by atoms with Gasteiger partial charge >= 0.3 is 0 Å². The van der Waals surface area contributed by atoms with Crippen LogP contribution in [0.5, 0.6) is 0 Å². The van der Waals surface area contributed by atoms with Crippen molar-refractivity contribution in [2.75, 3.05) is 18.4 Å². The molecule has 1 heterocycles. The Morgan fingerprint density at radius 1 is 1.47 bits per heavy atom. The molecule has 0 aliphatic rings. The summed E-state index contributed by atoms with van der Waals surface area (Å²) in [7, 11) is 0. The summed E-state index contributed by atoms with van der Waals surface area (Å²) < 4.78 is 26.6. The zero-order valence-corrected chi connectivity index (χ0v) is 11.7. The number of aromatic nitrogens is 2. The molecule has 0 N–H and O–H groups in total. The summed E-state index contributed by atoms with van der Waals surface area (Å²) in [6.07, 6.45) is -0.421. The van der Waals surface area contributed by atoms with Gasteiger partial charge in [-0.2, -0.15) is 5.10 Å². The van der Waals surface area contributed by atoms with Crippen molar-refractivity contribution >= 4 is 15.9 Å². The monoisotopic (exact) mass is 309 g/mol. The Bertz CT molecular complexity index is 328. The summed E-state index contributed by atoms with van der Waals surface area (Å²) in [6.45, 7) is 4.92. The van der Waals surface area contributed by atoms with Gasteiger partial charge in [-0.3, -0.25) is 9.58 Å². The van der Waals surface area contributed by atoms with Gasteiger partial charge in [-0.25, -0.2) is 8.78 Å². The summed E-state index contributed by atoms with van der Waals surface area (Å²) in [5.74, 6) is 0. The van der Waals surface area contributed by atoms with E-state index in [1.807, 2.05) is 30.8 Å². The predicted octanol–water partition coefficient (Wildman–Crippen LogP) is 2.93. The Hall–Kier alpha value is -0.490. The fourth-order valence-electron chi connectivity index (χ4n) is 1.53. The van der Waals surface area contributed by atoms with Gasteiger partial charge in [0.25, 0.3) is 6.43 Å². The standard InChI is InChI=1S/C11H18BrF2N3/c1-9(2)17-5-3-10(15-17)7-16(6-4-12)8-11(13)14/h3,5,9,11H,4,6-8H2,1-2H3. The van der Waals surface area contributed by atoms with E-state index >= 15 is 0 Å². The van der Waals surface area contributed by atoms with Gasteiger partial charge in [0.15, 0.2) is 0 Å². The maximum Gasteiger partial charge on any atom is 0.251 e. The maximum atomic E-state index is 12.4. The zero-order chi connectivity index (χ0) is 12.8. The number of alkyl halides is 3. The normalized spacial score (nSPS) is 12.0. The fraction of sp³-hybridized carbons (Fsp3) is 0.727. The van der Waals surface area contributed by atoms with Crippen LogP contribution in [-0.2, 0) is 6.54 Å². The molecule has 0 unspecified atom stereocenters. The van der Waals surface area contributed by atoms with Crippen LogP contribution in [0, 0.1) is 0 Å². The van der Waals surface area contributed by atoms with E-state index in [1.54, 1.807) is 4.90 Å². The van der Waals surface area contributed by atoms with Crippen LogP contribution in [0.2, 0.25) is 0 Å². The molecular weight excluding hydrogens is 292 g/mol. The fourth-order valence-corrected chi connectivity index (χ4v) is 2.03. The van der Waals surface area contributed by atoms with Crippen LogP contribution in [0.25, 0.3) is 0 Å². The van der Waals surface area contributed by atoms with Crippen LogP contribution >= 0.6 is 15.9 Å². The van der Waals surface area contributed by atoms with Gasteiger partial charge in [-0.15, -0.1) is 0 Å². The Labute approximate surface area is 109 Å². The molecule has 0 saturated heterocycles. The van der Waals surface area contributed by atoms with Crippen LogP contribution in [-0.4, -0.2) is 39.5 Å². The lowest BCUT2D eigenvalue weighted by Crippen LogP contribution is -2.30. The molecule has 0 aliphatic carbocycles. The van der Waals surface area contributed by atoms with Crippen molar-refractivity contribution in [3.63, 3.8) is 0 Å². The smallest absolute Gasteiger partial charge is 0.251 e. The number of nitrogens with zero attached hydrogens (tertiary/aromatic N) is 3. The summed E-state index contributed by atoms with van der Waals surface area (Å²) >= 11 is 3.27. The summed E-state index contributed by atoms with van der Waals surface area (Å²) in [5, 5.41) is 5.04. The molecule has 1 aromatic rings. The highest BCUT2D eigenvalue weighted by molar-refractivity contribution is 9.09. The SMILES string of the molecule is CC(C)n1ccc(CN(CCBr)CC(F)F)n1. The minimum absolute atomic E-state index is 0.208. The molecule has 0 spiro atoms. The quantitative estimate of drug-likeness (QED) is 0.722. The Kier molecular flexibility index (Phi) is 6.05. The molecule has 0 saturated carbocycles. The first-order valence-corrected chi connectivity index (χ1v) is 6.75. The third-order valence-electron chi connectivity index (χ3n) is 2.38. The first kappa shape index (κ1) is 14.6. The summed E-state index contributed by atoms with van der Waals surface area (Å²) in [4.78, 5) is 1.70. The molecule has 98 valence electrons. The van der Waals surface area contributed by atoms with E-state index in [1.165, 1.54) is 0 Å². The van der Waals surface area contributed by atoms with Crippen molar-refractivity contribution in [2.24, 2.45) is 0 Å². The second-order valence-corrected chi connectivity index (χ2v) is 4.99. The van der Waals surface area contributed by atoms with E-state index in [-0.39, 0.29) is 6.54 Å². The molecule has 0 aliphatic heterocycles. The van der Waals surface area contributed by atoms with Crippen LogP contribution in [0.4, 0.5) is 8.78 Å². The highest BCUT2D eigenvalue weighted by atomic mass is 79.9. The lowest BCUT2D eigenvalue weighted by molar-refractivity contribution is 0.0874. The third-order valence-corrected chi connectivity index (χ3v) is 2.73. The predicted molar refractivity (Wildman–Crippen MR) is 67.7 cm³/mol. The molecule has 3 nitrogen and oxygen atoms in total. The van der Waals surface area contributed by atoms with E-state index in [0.29, 0.717) is 24.5 Å². The van der Waals surface area contributed by atoms with Gasteiger partial charge in [0.1, 0.15) is 0 Å². The van der Waals surface area contributed by atoms with Crippen molar-refractivity contribution in [3.05, 3.63) is 18.0 Å². The van der Waals surface area contributed by atoms with Crippen LogP contribution in [0.15, 0.2) is 12.3 Å². The molecule has 1 rings (SSSR count). The van der Waals surface area contributed by atoms with Crippen LogP contribution < -0.4 is 0 Å². The van der Waals surface area contributed by atoms with Crippen molar-refractivity contribution < 1.29 is 8.78 Å². The highest BCUT2D eigenvalue weighted by Gasteiger charge is 2.13. The first-order chi connectivity index (χ1) is 8.02. The van der Waals surface area contributed by atoms with Crippen molar-refractivity contribution in [1.82, 2.24) is 14.7 Å². The average Bonchev–Trinajstić information content (AvgIpc) is 2.65. The second kappa shape index (κ2) is 7.06. The molecule has 0 atom stereocenters. The summed E-state index contributed by atoms with van der Waals surface area (Å²) in [6, 6.07) is 2.18. The van der Waals surface area contributed by atoms with Crippen LogP contribution in [0.1, 0.15) is 25.6 Å². The van der Waals surface area contributed by atoms with Gasteiger partial charge in [-0.1, -0.05) is 15.9 Å². The van der Waals surface area contributed by atoms with E-state index in [0.717, 1.165) is 5.69 Å². The largest absolute Gasteiger partial charge is 0.291 e. The van der Waals surface area contributed by atoms with Crippen molar-refractivity contribution in [2.45, 2.75) is 32.9 Å². The Morgan fingerprint density at radius 3 is 2.65 bits per heavy atom. The average molecular weight is 310 g/mol. The molecule has 0 fully saturated rings. The number of hydrogen-bond donors (Lipinski definition) is 0. The number of halogens is 3. The lowest BCUT2D eigenvalue weighted by Gasteiger charge is -2.19. The molecule has 0 bridgehead atoms. The molecule has 1 aromatic heterocycles. The van der Waals surface area contributed by atoms with Gasteiger partial charge in [0.05, 0.1) is 12.2 Å². The van der Waals surface area contributed by atoms with Gasteiger partial charge in [0.2, 0.25) is 0 Å². The summed E-state index contributed by atoms with van der Waals surface area (Å²) in [5.41, 5.74) is 0.834. The highest BCUT2D eigenvalue weighted by Crippen LogP contribution is 2.08. The number of rotatable bonds is 7. The lowest BCUT2D eigenvalue weighted by atomic mass is 10.4. The molecular formula is C11H18BrF2N3. The minimum atomic E-state index is -2.30. The third kappa shape index (κ3) is 5.12. The van der Waals surface area contributed by atoms with Crippen molar-refractivity contribution in [3.8, 4) is 0 Å². The van der Waals surface area contributed by atoms with E-state index in [9.17, 15) is 8.78 Å². The van der Waals surface area contributed by atoms with Gasteiger partial charge < -0.3 is 0 Å². The molecule has 0 radical (unpaired) electrons. The van der Waals surface area contributed by atoms with Crippen LogP contribution in [0.3, 0.4) is 0 Å². The second-order valence-electron chi connectivity index (χ2n) is 4.20. The molecule has 6 heteroatoms. The molecule has 0 amide bonds. The molecule has 17 heavy (non-hydrogen) atoms. The zero-order valence-electron chi connectivity index (χ0n) is 10.1. The van der Waals surface area contributed by atoms with E-state index in [2.05, 4.69) is 21.0 Å². The van der Waals surface area contributed by atoms with Gasteiger partial charge in [-0.05, 0) is 19.9 Å².